The summed E-state index contributed by atoms with van der Waals surface area (Å²) in [6.45, 7) is 3.16. The number of halogens is 2. The third-order valence-electron chi connectivity index (χ3n) is 3.46. The number of rotatable bonds is 1. The number of aromatic nitrogens is 3. The number of fused-ring (bicyclic) bond motifs is 1. The minimum absolute atomic E-state index is 0.118. The van der Waals surface area contributed by atoms with Crippen LogP contribution in [-0.2, 0) is 13.1 Å². The highest BCUT2D eigenvalue weighted by molar-refractivity contribution is 9.10. The fraction of sp³-hybridized carbons (Fsp3) is 0.308. The Labute approximate surface area is 123 Å². The van der Waals surface area contributed by atoms with E-state index in [1.54, 1.807) is 22.6 Å². The van der Waals surface area contributed by atoms with Crippen molar-refractivity contribution < 1.29 is 9.18 Å². The van der Waals surface area contributed by atoms with Crippen LogP contribution in [0.2, 0.25) is 0 Å². The molecule has 2 aromatic rings. The van der Waals surface area contributed by atoms with Crippen molar-refractivity contribution in [3.8, 4) is 0 Å². The molecular formula is C13H12BrFN4O. The molecule has 7 heteroatoms. The van der Waals surface area contributed by atoms with Gasteiger partial charge in [-0.05, 0) is 24.6 Å². The molecule has 1 aromatic carbocycles. The zero-order valence-corrected chi connectivity index (χ0v) is 12.4. The fourth-order valence-electron chi connectivity index (χ4n) is 2.31. The van der Waals surface area contributed by atoms with Gasteiger partial charge in [0.15, 0.2) is 0 Å². The van der Waals surface area contributed by atoms with Gasteiger partial charge in [0.2, 0.25) is 0 Å². The molecule has 0 saturated heterocycles. The highest BCUT2D eigenvalue weighted by atomic mass is 79.9. The smallest absolute Gasteiger partial charge is 0.257 e. The van der Waals surface area contributed by atoms with E-state index in [0.717, 1.165) is 10.3 Å². The molecule has 2 heterocycles. The van der Waals surface area contributed by atoms with Crippen molar-refractivity contribution in [1.29, 1.82) is 0 Å². The maximum Gasteiger partial charge on any atom is 0.257 e. The van der Waals surface area contributed by atoms with Crippen molar-refractivity contribution in [2.24, 2.45) is 0 Å². The van der Waals surface area contributed by atoms with Gasteiger partial charge in [-0.15, -0.1) is 0 Å². The van der Waals surface area contributed by atoms with Gasteiger partial charge in [-0.25, -0.2) is 14.1 Å². The number of nitrogens with zero attached hydrogens (tertiary/aromatic N) is 4. The molecule has 1 aliphatic rings. The van der Waals surface area contributed by atoms with Crippen molar-refractivity contribution in [3.63, 3.8) is 0 Å². The first-order chi connectivity index (χ1) is 9.58. The van der Waals surface area contributed by atoms with E-state index >= 15 is 0 Å². The molecule has 1 aliphatic heterocycles. The SMILES string of the molecule is Cc1c(Br)ccc(F)c1C(=O)N1CCn2ncnc2C1. The molecule has 1 aromatic heterocycles. The van der Waals surface area contributed by atoms with Gasteiger partial charge in [-0.1, -0.05) is 15.9 Å². The van der Waals surface area contributed by atoms with Crippen molar-refractivity contribution >= 4 is 21.8 Å². The largest absolute Gasteiger partial charge is 0.329 e. The van der Waals surface area contributed by atoms with E-state index in [2.05, 4.69) is 26.0 Å². The quantitative estimate of drug-likeness (QED) is 0.800. The molecule has 3 rings (SSSR count). The highest BCUT2D eigenvalue weighted by Crippen LogP contribution is 2.24. The second-order valence-corrected chi connectivity index (χ2v) is 5.51. The van der Waals surface area contributed by atoms with E-state index in [1.165, 1.54) is 12.4 Å². The van der Waals surface area contributed by atoms with Crippen LogP contribution < -0.4 is 0 Å². The lowest BCUT2D eigenvalue weighted by atomic mass is 10.1. The maximum atomic E-state index is 14.0. The predicted octanol–water partition coefficient (Wildman–Crippen LogP) is 2.14. The summed E-state index contributed by atoms with van der Waals surface area (Å²) in [5.41, 5.74) is 0.731. The molecule has 20 heavy (non-hydrogen) atoms. The van der Waals surface area contributed by atoms with Gasteiger partial charge in [-0.2, -0.15) is 5.10 Å². The summed E-state index contributed by atoms with van der Waals surface area (Å²) in [7, 11) is 0. The molecule has 104 valence electrons. The first-order valence-electron chi connectivity index (χ1n) is 6.18. The van der Waals surface area contributed by atoms with Crippen LogP contribution in [0.4, 0.5) is 4.39 Å². The first kappa shape index (κ1) is 13.2. The molecule has 0 atom stereocenters. The number of amides is 1. The van der Waals surface area contributed by atoms with Crippen molar-refractivity contribution in [3.05, 3.63) is 45.7 Å². The Morgan fingerprint density at radius 3 is 3.00 bits per heavy atom. The third kappa shape index (κ3) is 2.11. The zero-order valence-electron chi connectivity index (χ0n) is 10.8. The Bertz CT molecular complexity index is 685. The van der Waals surface area contributed by atoms with E-state index in [1.807, 2.05) is 0 Å². The van der Waals surface area contributed by atoms with Gasteiger partial charge in [-0.3, -0.25) is 4.79 Å². The lowest BCUT2D eigenvalue weighted by Gasteiger charge is -2.27. The Morgan fingerprint density at radius 2 is 2.20 bits per heavy atom. The van der Waals surface area contributed by atoms with Gasteiger partial charge >= 0.3 is 0 Å². The minimum atomic E-state index is -0.497. The van der Waals surface area contributed by atoms with E-state index < -0.39 is 5.82 Å². The maximum absolute atomic E-state index is 14.0. The monoisotopic (exact) mass is 338 g/mol. The topological polar surface area (TPSA) is 51.0 Å². The van der Waals surface area contributed by atoms with Gasteiger partial charge in [0.05, 0.1) is 18.7 Å². The normalized spacial score (nSPS) is 14.2. The number of benzene rings is 1. The molecule has 0 spiro atoms. The summed E-state index contributed by atoms with van der Waals surface area (Å²) < 4.78 is 16.5. The predicted molar refractivity (Wildman–Crippen MR) is 73.6 cm³/mol. The van der Waals surface area contributed by atoms with Crippen LogP contribution in [0.5, 0.6) is 0 Å². The van der Waals surface area contributed by atoms with Crippen molar-refractivity contribution in [2.45, 2.75) is 20.0 Å². The Morgan fingerprint density at radius 1 is 1.40 bits per heavy atom. The molecule has 5 nitrogen and oxygen atoms in total. The summed E-state index contributed by atoms with van der Waals surface area (Å²) in [4.78, 5) is 18.2. The van der Waals surface area contributed by atoms with Crippen LogP contribution in [-0.4, -0.2) is 32.1 Å². The van der Waals surface area contributed by atoms with E-state index in [9.17, 15) is 9.18 Å². The lowest BCUT2D eigenvalue weighted by Crippen LogP contribution is -2.39. The zero-order chi connectivity index (χ0) is 14.3. The molecular weight excluding hydrogens is 327 g/mol. The second-order valence-electron chi connectivity index (χ2n) is 4.66. The van der Waals surface area contributed by atoms with Crippen molar-refractivity contribution in [2.75, 3.05) is 6.54 Å². The van der Waals surface area contributed by atoms with E-state index in [4.69, 9.17) is 0 Å². The van der Waals surface area contributed by atoms with E-state index in [-0.39, 0.29) is 11.5 Å². The summed E-state index contributed by atoms with van der Waals surface area (Å²) in [6, 6.07) is 2.91. The van der Waals surface area contributed by atoms with Gasteiger partial charge in [0, 0.05) is 11.0 Å². The minimum Gasteiger partial charge on any atom is -0.329 e. The lowest BCUT2D eigenvalue weighted by molar-refractivity contribution is 0.0697. The summed E-state index contributed by atoms with van der Waals surface area (Å²) in [6.07, 6.45) is 1.47. The summed E-state index contributed by atoms with van der Waals surface area (Å²) in [5.74, 6) is -0.0871. The molecule has 1 amide bonds. The van der Waals surface area contributed by atoms with Crippen LogP contribution in [0.1, 0.15) is 21.7 Å². The standard InChI is InChI=1S/C13H12BrFN4O/c1-8-9(14)2-3-10(15)12(8)13(20)18-4-5-19-11(6-18)16-7-17-19/h2-3,7H,4-6H2,1H3. The van der Waals surface area contributed by atoms with Crippen LogP contribution in [0.15, 0.2) is 22.9 Å². The van der Waals surface area contributed by atoms with Crippen LogP contribution in [0.25, 0.3) is 0 Å². The first-order valence-corrected chi connectivity index (χ1v) is 6.98. The number of carbonyl (C=O) groups is 1. The average molecular weight is 339 g/mol. The molecule has 0 saturated carbocycles. The Hall–Kier alpha value is -1.76. The van der Waals surface area contributed by atoms with Crippen molar-refractivity contribution in [1.82, 2.24) is 19.7 Å². The molecule has 0 radical (unpaired) electrons. The summed E-state index contributed by atoms with van der Waals surface area (Å²) >= 11 is 3.33. The van der Waals surface area contributed by atoms with E-state index in [0.29, 0.717) is 25.2 Å². The van der Waals surface area contributed by atoms with Gasteiger partial charge < -0.3 is 4.90 Å². The molecule has 0 N–H and O–H groups in total. The van der Waals surface area contributed by atoms with Gasteiger partial charge in [0.1, 0.15) is 18.0 Å². The van der Waals surface area contributed by atoms with Crippen LogP contribution >= 0.6 is 15.9 Å². The van der Waals surface area contributed by atoms with Crippen LogP contribution in [0.3, 0.4) is 0 Å². The molecule has 0 unspecified atom stereocenters. The molecule has 0 fully saturated rings. The Balaban J connectivity index is 1.93. The number of hydrogen-bond acceptors (Lipinski definition) is 3. The average Bonchev–Trinajstić information content (AvgIpc) is 2.90. The van der Waals surface area contributed by atoms with Crippen LogP contribution in [0, 0.1) is 12.7 Å². The molecule has 0 aliphatic carbocycles. The molecule has 0 bridgehead atoms. The highest BCUT2D eigenvalue weighted by Gasteiger charge is 2.26. The number of hydrogen-bond donors (Lipinski definition) is 0. The van der Waals surface area contributed by atoms with Gasteiger partial charge in [0.25, 0.3) is 5.91 Å². The Kier molecular flexibility index (Phi) is 3.29. The second kappa shape index (κ2) is 4.97. The fourth-order valence-corrected chi connectivity index (χ4v) is 2.64. The third-order valence-corrected chi connectivity index (χ3v) is 4.32. The summed E-state index contributed by atoms with van der Waals surface area (Å²) in [5, 5.41) is 4.06. The number of carbonyl (C=O) groups excluding carboxylic acids is 1.